The van der Waals surface area contributed by atoms with E-state index >= 15 is 0 Å². The molecule has 0 aliphatic carbocycles. The van der Waals surface area contributed by atoms with Gasteiger partial charge in [-0.3, -0.25) is 4.79 Å². The molecule has 2 rings (SSSR count). The largest absolute Gasteiger partial charge is 0.477 e. The first kappa shape index (κ1) is 13.7. The second-order valence-corrected chi connectivity index (χ2v) is 4.21. The standard InChI is InChI=1S/C12H13N5O3/c1-7(10-16-13-6-17(10)2)14-11(18)8-4-3-5-9(15-8)12(19)20/h3-7H,1-2H3,(H,14,18)(H,19,20). The van der Waals surface area contributed by atoms with Gasteiger partial charge in [0.05, 0.1) is 6.04 Å². The highest BCUT2D eigenvalue weighted by atomic mass is 16.4. The summed E-state index contributed by atoms with van der Waals surface area (Å²) in [5, 5.41) is 19.2. The number of carboxylic acid groups (broad SMARTS) is 1. The topological polar surface area (TPSA) is 110 Å². The van der Waals surface area contributed by atoms with Crippen molar-refractivity contribution in [1.29, 1.82) is 0 Å². The fourth-order valence-electron chi connectivity index (χ4n) is 1.70. The average molecular weight is 275 g/mol. The normalized spacial score (nSPS) is 11.9. The van der Waals surface area contributed by atoms with Crippen molar-refractivity contribution in [1.82, 2.24) is 25.1 Å². The first-order chi connectivity index (χ1) is 9.49. The molecule has 8 nitrogen and oxygen atoms in total. The number of carbonyl (C=O) groups excluding carboxylic acids is 1. The van der Waals surface area contributed by atoms with Crippen molar-refractivity contribution in [2.75, 3.05) is 0 Å². The van der Waals surface area contributed by atoms with Gasteiger partial charge in [0, 0.05) is 7.05 Å². The van der Waals surface area contributed by atoms with Gasteiger partial charge < -0.3 is 15.0 Å². The Bertz CT molecular complexity index is 652. The second kappa shape index (κ2) is 5.47. The lowest BCUT2D eigenvalue weighted by atomic mass is 10.2. The maximum Gasteiger partial charge on any atom is 0.354 e. The van der Waals surface area contributed by atoms with Crippen molar-refractivity contribution in [2.24, 2.45) is 7.05 Å². The highest BCUT2D eigenvalue weighted by Crippen LogP contribution is 2.08. The van der Waals surface area contributed by atoms with Crippen LogP contribution in [0, 0.1) is 0 Å². The number of nitrogens with zero attached hydrogens (tertiary/aromatic N) is 4. The van der Waals surface area contributed by atoms with E-state index in [1.807, 2.05) is 0 Å². The van der Waals surface area contributed by atoms with Gasteiger partial charge in [-0.2, -0.15) is 0 Å². The highest BCUT2D eigenvalue weighted by molar-refractivity contribution is 5.94. The van der Waals surface area contributed by atoms with Gasteiger partial charge in [-0.15, -0.1) is 10.2 Å². The number of nitrogens with one attached hydrogen (secondary N) is 1. The summed E-state index contributed by atoms with van der Waals surface area (Å²) in [5.41, 5.74) is -0.136. The number of aromatic carboxylic acids is 1. The van der Waals surface area contributed by atoms with E-state index in [0.717, 1.165) is 0 Å². The highest BCUT2D eigenvalue weighted by Gasteiger charge is 2.17. The molecular weight excluding hydrogens is 262 g/mol. The van der Waals surface area contributed by atoms with Crippen LogP contribution in [0.15, 0.2) is 24.5 Å². The Morgan fingerprint density at radius 3 is 2.65 bits per heavy atom. The second-order valence-electron chi connectivity index (χ2n) is 4.21. The minimum Gasteiger partial charge on any atom is -0.477 e. The van der Waals surface area contributed by atoms with Gasteiger partial charge in [-0.05, 0) is 19.1 Å². The molecule has 0 saturated heterocycles. The van der Waals surface area contributed by atoms with Crippen LogP contribution in [0.5, 0.6) is 0 Å². The Morgan fingerprint density at radius 1 is 1.35 bits per heavy atom. The van der Waals surface area contributed by atoms with Crippen LogP contribution < -0.4 is 5.32 Å². The Kier molecular flexibility index (Phi) is 3.74. The summed E-state index contributed by atoms with van der Waals surface area (Å²) in [7, 11) is 1.77. The fraction of sp³-hybridized carbons (Fsp3) is 0.250. The number of rotatable bonds is 4. The van der Waals surface area contributed by atoms with Gasteiger partial charge in [0.25, 0.3) is 5.91 Å². The number of aryl methyl sites for hydroxylation is 1. The van der Waals surface area contributed by atoms with Crippen LogP contribution >= 0.6 is 0 Å². The van der Waals surface area contributed by atoms with Gasteiger partial charge in [0.2, 0.25) is 0 Å². The van der Waals surface area contributed by atoms with Gasteiger partial charge in [0.1, 0.15) is 17.7 Å². The maximum absolute atomic E-state index is 12.0. The molecule has 0 spiro atoms. The lowest BCUT2D eigenvalue weighted by molar-refractivity contribution is 0.0690. The third-order valence-electron chi connectivity index (χ3n) is 2.68. The van der Waals surface area contributed by atoms with Crippen molar-refractivity contribution in [2.45, 2.75) is 13.0 Å². The number of aromatic nitrogens is 4. The molecule has 1 unspecified atom stereocenters. The zero-order valence-electron chi connectivity index (χ0n) is 10.9. The molecule has 0 aliphatic rings. The first-order valence-electron chi connectivity index (χ1n) is 5.84. The summed E-state index contributed by atoms with van der Waals surface area (Å²) in [6, 6.07) is 3.87. The predicted octanol–water partition coefficient (Wildman–Crippen LogP) is 0.399. The zero-order chi connectivity index (χ0) is 14.7. The third kappa shape index (κ3) is 2.79. The Labute approximate surface area is 114 Å². The summed E-state index contributed by atoms with van der Waals surface area (Å²) < 4.78 is 1.69. The Balaban J connectivity index is 2.14. The minimum atomic E-state index is -1.18. The van der Waals surface area contributed by atoms with Crippen molar-refractivity contribution in [3.8, 4) is 0 Å². The number of amides is 1. The van der Waals surface area contributed by atoms with Crippen molar-refractivity contribution >= 4 is 11.9 Å². The average Bonchev–Trinajstić information content (AvgIpc) is 2.85. The lowest BCUT2D eigenvalue weighted by Gasteiger charge is -2.12. The number of carbonyl (C=O) groups is 2. The lowest BCUT2D eigenvalue weighted by Crippen LogP contribution is -2.29. The van der Waals surface area contributed by atoms with Gasteiger partial charge >= 0.3 is 5.97 Å². The summed E-state index contributed by atoms with van der Waals surface area (Å²) in [6.07, 6.45) is 1.53. The van der Waals surface area contributed by atoms with Crippen LogP contribution in [-0.2, 0) is 7.05 Å². The summed E-state index contributed by atoms with van der Waals surface area (Å²) in [4.78, 5) is 26.6. The molecule has 0 aromatic carbocycles. The maximum atomic E-state index is 12.0. The third-order valence-corrected chi connectivity index (χ3v) is 2.68. The number of hydrogen-bond donors (Lipinski definition) is 2. The smallest absolute Gasteiger partial charge is 0.354 e. The van der Waals surface area contributed by atoms with Crippen molar-refractivity contribution in [3.63, 3.8) is 0 Å². The molecule has 0 fully saturated rings. The van der Waals surface area contributed by atoms with Crippen LogP contribution in [0.2, 0.25) is 0 Å². The monoisotopic (exact) mass is 275 g/mol. The molecule has 0 aliphatic heterocycles. The quantitative estimate of drug-likeness (QED) is 0.835. The van der Waals surface area contributed by atoms with Crippen molar-refractivity contribution in [3.05, 3.63) is 41.7 Å². The van der Waals surface area contributed by atoms with E-state index in [4.69, 9.17) is 5.11 Å². The van der Waals surface area contributed by atoms with E-state index in [0.29, 0.717) is 5.82 Å². The van der Waals surface area contributed by atoms with Gasteiger partial charge in [0.15, 0.2) is 5.82 Å². The van der Waals surface area contributed by atoms with Crippen molar-refractivity contribution < 1.29 is 14.7 Å². The van der Waals surface area contributed by atoms with Gasteiger partial charge in [-0.1, -0.05) is 6.07 Å². The summed E-state index contributed by atoms with van der Waals surface area (Å²) in [5.74, 6) is -1.06. The molecule has 0 bridgehead atoms. The SMILES string of the molecule is CC(NC(=O)c1cccc(C(=O)O)n1)c1nncn1C. The molecule has 8 heteroatoms. The molecule has 2 N–H and O–H groups in total. The molecule has 20 heavy (non-hydrogen) atoms. The molecule has 1 amide bonds. The molecule has 2 aromatic rings. The molecular formula is C12H13N5O3. The van der Waals surface area contributed by atoms with E-state index in [9.17, 15) is 9.59 Å². The van der Waals surface area contributed by atoms with Gasteiger partial charge in [-0.25, -0.2) is 9.78 Å². The zero-order valence-corrected chi connectivity index (χ0v) is 10.9. The predicted molar refractivity (Wildman–Crippen MR) is 68.1 cm³/mol. The van der Waals surface area contributed by atoms with Crippen LogP contribution in [-0.4, -0.2) is 36.7 Å². The van der Waals surface area contributed by atoms with E-state index < -0.39 is 11.9 Å². The number of carboxylic acids is 1. The van der Waals surface area contributed by atoms with E-state index in [2.05, 4.69) is 20.5 Å². The minimum absolute atomic E-state index is 0.0407. The number of hydrogen-bond acceptors (Lipinski definition) is 5. The molecule has 2 heterocycles. The Hall–Kier alpha value is -2.77. The van der Waals surface area contributed by atoms with E-state index in [1.165, 1.54) is 24.5 Å². The Morgan fingerprint density at radius 2 is 2.05 bits per heavy atom. The van der Waals surface area contributed by atoms with Crippen LogP contribution in [0.1, 0.15) is 39.8 Å². The van der Waals surface area contributed by atoms with Crippen LogP contribution in [0.4, 0.5) is 0 Å². The van der Waals surface area contributed by atoms with Crippen LogP contribution in [0.3, 0.4) is 0 Å². The molecule has 2 aromatic heterocycles. The van der Waals surface area contributed by atoms with E-state index in [-0.39, 0.29) is 17.4 Å². The van der Waals surface area contributed by atoms with Crippen LogP contribution in [0.25, 0.3) is 0 Å². The molecule has 0 radical (unpaired) electrons. The molecule has 0 saturated carbocycles. The number of pyridine rings is 1. The fourth-order valence-corrected chi connectivity index (χ4v) is 1.70. The van der Waals surface area contributed by atoms with E-state index in [1.54, 1.807) is 18.5 Å². The molecule has 104 valence electrons. The summed E-state index contributed by atoms with van der Waals surface area (Å²) in [6.45, 7) is 1.75. The summed E-state index contributed by atoms with van der Waals surface area (Å²) >= 11 is 0. The first-order valence-corrected chi connectivity index (χ1v) is 5.84. The molecule has 1 atom stereocenters.